The van der Waals surface area contributed by atoms with Gasteiger partial charge in [0, 0.05) is 12.2 Å². The number of para-hydroxylation sites is 1. The molecule has 0 bridgehead atoms. The van der Waals surface area contributed by atoms with Crippen molar-refractivity contribution < 1.29 is 28.6 Å². The maximum absolute atomic E-state index is 12.7. The molecule has 2 aromatic rings. The van der Waals surface area contributed by atoms with Gasteiger partial charge < -0.3 is 14.2 Å². The van der Waals surface area contributed by atoms with E-state index >= 15 is 0 Å². The van der Waals surface area contributed by atoms with Crippen molar-refractivity contribution in [2.75, 3.05) is 19.8 Å². The summed E-state index contributed by atoms with van der Waals surface area (Å²) < 4.78 is 16.5. The molecule has 2 aromatic carbocycles. The van der Waals surface area contributed by atoms with E-state index in [0.29, 0.717) is 24.5 Å². The number of amides is 2. The fourth-order valence-corrected chi connectivity index (χ4v) is 3.72. The van der Waals surface area contributed by atoms with E-state index in [0.717, 1.165) is 18.4 Å². The quantitative estimate of drug-likeness (QED) is 0.516. The third kappa shape index (κ3) is 3.93. The van der Waals surface area contributed by atoms with Crippen LogP contribution in [0, 0.1) is 0 Å². The van der Waals surface area contributed by atoms with E-state index in [4.69, 9.17) is 14.2 Å². The third-order valence-corrected chi connectivity index (χ3v) is 5.25. The Balaban J connectivity index is 1.46. The van der Waals surface area contributed by atoms with Crippen LogP contribution in [-0.2, 0) is 16.1 Å². The summed E-state index contributed by atoms with van der Waals surface area (Å²) in [6, 6.07) is 11.8. The lowest BCUT2D eigenvalue weighted by Gasteiger charge is -2.17. The molecular weight excluding hydrogens is 386 g/mol. The van der Waals surface area contributed by atoms with E-state index in [9.17, 15) is 14.4 Å². The topological polar surface area (TPSA) is 82.1 Å². The molecule has 7 heteroatoms. The minimum Gasteiger partial charge on any atom is -0.493 e. The van der Waals surface area contributed by atoms with Crippen molar-refractivity contribution in [2.45, 2.75) is 32.5 Å². The number of carbonyl (C=O) groups excluding carboxylic acids is 3. The molecule has 0 aromatic heterocycles. The number of hydrogen-bond donors (Lipinski definition) is 0. The maximum Gasteiger partial charge on any atom is 0.338 e. The van der Waals surface area contributed by atoms with Gasteiger partial charge in [-0.2, -0.15) is 0 Å². The lowest BCUT2D eigenvalue weighted by atomic mass is 10.1. The Hall–Kier alpha value is -3.19. The Bertz CT molecular complexity index is 979. The van der Waals surface area contributed by atoms with Crippen molar-refractivity contribution >= 4 is 17.8 Å². The van der Waals surface area contributed by atoms with E-state index < -0.39 is 11.9 Å². The van der Waals surface area contributed by atoms with Crippen LogP contribution in [0.1, 0.15) is 56.4 Å². The second-order valence-corrected chi connectivity index (χ2v) is 7.23. The molecule has 2 heterocycles. The highest BCUT2D eigenvalue weighted by Crippen LogP contribution is 2.27. The number of esters is 1. The average molecular weight is 409 g/mol. The molecule has 2 amide bonds. The van der Waals surface area contributed by atoms with Gasteiger partial charge in [0.2, 0.25) is 0 Å². The van der Waals surface area contributed by atoms with E-state index in [1.54, 1.807) is 0 Å². The predicted molar refractivity (Wildman–Crippen MR) is 108 cm³/mol. The van der Waals surface area contributed by atoms with Crippen molar-refractivity contribution in [1.29, 1.82) is 0 Å². The van der Waals surface area contributed by atoms with Crippen molar-refractivity contribution in [3.8, 4) is 5.75 Å². The maximum atomic E-state index is 12.7. The minimum absolute atomic E-state index is 0.0457. The lowest BCUT2D eigenvalue weighted by molar-refractivity contribution is 0.0467. The van der Waals surface area contributed by atoms with Gasteiger partial charge in [-0.1, -0.05) is 18.2 Å². The summed E-state index contributed by atoms with van der Waals surface area (Å²) in [6.45, 7) is 3.32. The van der Waals surface area contributed by atoms with Crippen LogP contribution in [0.15, 0.2) is 42.5 Å². The first-order valence-corrected chi connectivity index (χ1v) is 10.1. The number of imide groups is 1. The molecule has 1 saturated heterocycles. The van der Waals surface area contributed by atoms with Gasteiger partial charge in [0.25, 0.3) is 11.8 Å². The number of nitrogens with zero attached hydrogens (tertiary/aromatic N) is 1. The molecule has 156 valence electrons. The molecular formula is C23H23NO6. The third-order valence-electron chi connectivity index (χ3n) is 5.25. The fourth-order valence-electron chi connectivity index (χ4n) is 3.72. The van der Waals surface area contributed by atoms with Crippen LogP contribution in [0.25, 0.3) is 0 Å². The molecule has 0 saturated carbocycles. The van der Waals surface area contributed by atoms with Crippen LogP contribution in [0.2, 0.25) is 0 Å². The first kappa shape index (κ1) is 20.1. The summed E-state index contributed by atoms with van der Waals surface area (Å²) in [7, 11) is 0. The Kier molecular flexibility index (Phi) is 5.81. The van der Waals surface area contributed by atoms with Gasteiger partial charge >= 0.3 is 5.97 Å². The molecule has 1 atom stereocenters. The summed E-state index contributed by atoms with van der Waals surface area (Å²) in [5.74, 6) is -0.660. The average Bonchev–Trinajstić information content (AvgIpc) is 3.36. The van der Waals surface area contributed by atoms with Crippen LogP contribution < -0.4 is 4.74 Å². The standard InChI is InChI=1S/C23H23NO6/c1-2-28-20-8-4-3-6-16(20)14-30-23(27)15-9-10-18-19(12-15)22(26)24(21(18)25)13-17-7-5-11-29-17/h3-4,6,8-10,12,17H,2,5,7,11,13-14H2,1H3. The molecule has 1 fully saturated rings. The van der Waals surface area contributed by atoms with Gasteiger partial charge in [-0.15, -0.1) is 0 Å². The molecule has 0 radical (unpaired) electrons. The van der Waals surface area contributed by atoms with Crippen molar-refractivity contribution in [3.05, 3.63) is 64.7 Å². The first-order valence-electron chi connectivity index (χ1n) is 10.1. The number of ether oxygens (including phenoxy) is 3. The predicted octanol–water partition coefficient (Wildman–Crippen LogP) is 3.22. The second-order valence-electron chi connectivity index (χ2n) is 7.23. The van der Waals surface area contributed by atoms with E-state index in [-0.39, 0.29) is 36.3 Å². The number of hydrogen-bond acceptors (Lipinski definition) is 6. The van der Waals surface area contributed by atoms with Gasteiger partial charge in [0.15, 0.2) is 0 Å². The number of fused-ring (bicyclic) bond motifs is 1. The van der Waals surface area contributed by atoms with E-state index in [1.165, 1.54) is 23.1 Å². The van der Waals surface area contributed by atoms with Gasteiger partial charge in [0.05, 0.1) is 35.9 Å². The number of carbonyl (C=O) groups is 3. The van der Waals surface area contributed by atoms with Crippen LogP contribution in [0.3, 0.4) is 0 Å². The fraction of sp³-hybridized carbons (Fsp3) is 0.348. The van der Waals surface area contributed by atoms with Gasteiger partial charge in [-0.3, -0.25) is 14.5 Å². The Labute approximate surface area is 174 Å². The van der Waals surface area contributed by atoms with Gasteiger partial charge in [-0.25, -0.2) is 4.79 Å². The highest BCUT2D eigenvalue weighted by molar-refractivity contribution is 6.22. The summed E-state index contributed by atoms with van der Waals surface area (Å²) >= 11 is 0. The Morgan fingerprint density at radius 2 is 1.93 bits per heavy atom. The van der Waals surface area contributed by atoms with Crippen LogP contribution >= 0.6 is 0 Å². The number of rotatable bonds is 7. The molecule has 4 rings (SSSR count). The zero-order chi connectivity index (χ0) is 21.1. The molecule has 2 aliphatic heterocycles. The zero-order valence-corrected chi connectivity index (χ0v) is 16.8. The normalized spacial score (nSPS) is 17.9. The number of benzene rings is 2. The molecule has 2 aliphatic rings. The smallest absolute Gasteiger partial charge is 0.338 e. The second kappa shape index (κ2) is 8.67. The van der Waals surface area contributed by atoms with E-state index in [1.807, 2.05) is 31.2 Å². The zero-order valence-electron chi connectivity index (χ0n) is 16.8. The summed E-state index contributed by atoms with van der Waals surface area (Å²) in [6.07, 6.45) is 1.63. The molecule has 0 aliphatic carbocycles. The highest BCUT2D eigenvalue weighted by Gasteiger charge is 2.38. The minimum atomic E-state index is -0.568. The highest BCUT2D eigenvalue weighted by atomic mass is 16.5. The largest absolute Gasteiger partial charge is 0.493 e. The molecule has 30 heavy (non-hydrogen) atoms. The van der Waals surface area contributed by atoms with Crippen molar-refractivity contribution in [1.82, 2.24) is 4.90 Å². The SMILES string of the molecule is CCOc1ccccc1COC(=O)c1ccc2c(c1)C(=O)N(CC1CCCO1)C2=O. The summed E-state index contributed by atoms with van der Waals surface area (Å²) in [5.41, 5.74) is 1.50. The van der Waals surface area contributed by atoms with Crippen LogP contribution in [0.4, 0.5) is 0 Å². The Morgan fingerprint density at radius 1 is 1.13 bits per heavy atom. The molecule has 0 spiro atoms. The molecule has 0 N–H and O–H groups in total. The van der Waals surface area contributed by atoms with Crippen molar-refractivity contribution in [3.63, 3.8) is 0 Å². The summed E-state index contributed by atoms with van der Waals surface area (Å²) in [5, 5.41) is 0. The monoisotopic (exact) mass is 409 g/mol. The van der Waals surface area contributed by atoms with Crippen LogP contribution in [0.5, 0.6) is 5.75 Å². The first-order chi connectivity index (χ1) is 14.6. The van der Waals surface area contributed by atoms with Crippen molar-refractivity contribution in [2.24, 2.45) is 0 Å². The lowest BCUT2D eigenvalue weighted by Crippen LogP contribution is -2.36. The summed E-state index contributed by atoms with van der Waals surface area (Å²) in [4.78, 5) is 39.1. The Morgan fingerprint density at radius 3 is 2.70 bits per heavy atom. The molecule has 1 unspecified atom stereocenters. The van der Waals surface area contributed by atoms with Crippen LogP contribution in [-0.4, -0.2) is 48.5 Å². The van der Waals surface area contributed by atoms with E-state index in [2.05, 4.69) is 0 Å². The van der Waals surface area contributed by atoms with Gasteiger partial charge in [0.1, 0.15) is 12.4 Å². The molecule has 7 nitrogen and oxygen atoms in total. The van der Waals surface area contributed by atoms with Gasteiger partial charge in [-0.05, 0) is 44.0 Å².